The minimum Gasteiger partial charge on any atom is -0.490 e. The van der Waals surface area contributed by atoms with Gasteiger partial charge in [0.15, 0.2) is 0 Å². The van der Waals surface area contributed by atoms with E-state index in [9.17, 15) is 13.2 Å². The molecular formula is C26H27N3O5S. The van der Waals surface area contributed by atoms with Gasteiger partial charge in [0.05, 0.1) is 18.2 Å². The number of hydrazone groups is 1. The van der Waals surface area contributed by atoms with Gasteiger partial charge in [-0.2, -0.15) is 5.10 Å². The predicted molar refractivity (Wildman–Crippen MR) is 138 cm³/mol. The Morgan fingerprint density at radius 3 is 2.20 bits per heavy atom. The number of hydrogen-bond donors (Lipinski definition) is 1. The second-order valence-electron chi connectivity index (χ2n) is 7.55. The summed E-state index contributed by atoms with van der Waals surface area (Å²) in [5, 5.41) is 3.95. The van der Waals surface area contributed by atoms with Crippen LogP contribution in [-0.2, 0) is 14.8 Å². The number of nitrogens with zero attached hydrogens (tertiary/aromatic N) is 2. The standard InChI is InChI=1S/C26H27N3O5S/c1-4-18-33-23-14-10-21(11-15-23)19-27-28-26(30)20(2)29(35(3,31)32)22-12-16-25(17-13-22)34-24-8-6-5-7-9-24/h4-17,19-20H,1,18H2,2-3H3,(H,28,30)/b27-19-/t20-/m0/s1. The van der Waals surface area contributed by atoms with Crippen molar-refractivity contribution in [2.45, 2.75) is 13.0 Å². The van der Waals surface area contributed by atoms with Crippen LogP contribution >= 0.6 is 0 Å². The van der Waals surface area contributed by atoms with Gasteiger partial charge >= 0.3 is 0 Å². The first kappa shape index (κ1) is 25.5. The average Bonchev–Trinajstić information content (AvgIpc) is 2.84. The first-order valence-corrected chi connectivity index (χ1v) is 12.6. The molecule has 0 aliphatic heterocycles. The number of para-hydroxylation sites is 1. The van der Waals surface area contributed by atoms with Crippen molar-refractivity contribution in [2.24, 2.45) is 5.10 Å². The number of rotatable bonds is 11. The fraction of sp³-hybridized carbons (Fsp3) is 0.154. The molecule has 8 nitrogen and oxygen atoms in total. The van der Waals surface area contributed by atoms with Crippen molar-refractivity contribution in [1.82, 2.24) is 5.43 Å². The van der Waals surface area contributed by atoms with Crippen LogP contribution in [0.15, 0.2) is 96.6 Å². The van der Waals surface area contributed by atoms with Gasteiger partial charge in [0.2, 0.25) is 10.0 Å². The van der Waals surface area contributed by atoms with E-state index in [4.69, 9.17) is 9.47 Å². The molecule has 0 saturated carbocycles. The lowest BCUT2D eigenvalue weighted by Crippen LogP contribution is -2.46. The van der Waals surface area contributed by atoms with Gasteiger partial charge in [0, 0.05) is 0 Å². The Morgan fingerprint density at radius 2 is 1.60 bits per heavy atom. The molecule has 1 atom stereocenters. The molecule has 0 unspecified atom stereocenters. The summed E-state index contributed by atoms with van der Waals surface area (Å²) in [6.45, 7) is 5.49. The SMILES string of the molecule is C=CCOc1ccc(/C=N\NC(=O)[C@H](C)N(c2ccc(Oc3ccccc3)cc2)S(C)(=O)=O)cc1. The Hall–Kier alpha value is -4.11. The molecule has 0 fully saturated rings. The van der Waals surface area contributed by atoms with Gasteiger partial charge in [-0.15, -0.1) is 0 Å². The minimum atomic E-state index is -3.76. The van der Waals surface area contributed by atoms with Crippen LogP contribution in [0.5, 0.6) is 17.2 Å². The zero-order valence-electron chi connectivity index (χ0n) is 19.5. The summed E-state index contributed by atoms with van der Waals surface area (Å²) >= 11 is 0. The quantitative estimate of drug-likeness (QED) is 0.243. The van der Waals surface area contributed by atoms with Crippen LogP contribution in [0.4, 0.5) is 5.69 Å². The Labute approximate surface area is 205 Å². The van der Waals surface area contributed by atoms with Crippen molar-refractivity contribution in [2.75, 3.05) is 17.2 Å². The zero-order valence-corrected chi connectivity index (χ0v) is 20.3. The van der Waals surface area contributed by atoms with Crippen molar-refractivity contribution in [1.29, 1.82) is 0 Å². The molecule has 1 amide bonds. The van der Waals surface area contributed by atoms with Crippen molar-refractivity contribution in [3.8, 4) is 17.2 Å². The maximum Gasteiger partial charge on any atom is 0.263 e. The Bertz CT molecular complexity index is 1260. The minimum absolute atomic E-state index is 0.328. The highest BCUT2D eigenvalue weighted by Crippen LogP contribution is 2.27. The Kier molecular flexibility index (Phi) is 8.63. The molecule has 35 heavy (non-hydrogen) atoms. The third kappa shape index (κ3) is 7.44. The number of carbonyl (C=O) groups is 1. The lowest BCUT2D eigenvalue weighted by molar-refractivity contribution is -0.121. The largest absolute Gasteiger partial charge is 0.490 e. The van der Waals surface area contributed by atoms with Gasteiger partial charge in [0.1, 0.15) is 29.9 Å². The summed E-state index contributed by atoms with van der Waals surface area (Å²) in [6.07, 6.45) is 4.16. The Balaban J connectivity index is 1.67. The number of hydrogen-bond acceptors (Lipinski definition) is 6. The van der Waals surface area contributed by atoms with Crippen LogP contribution in [0.2, 0.25) is 0 Å². The zero-order chi connectivity index (χ0) is 25.3. The molecule has 9 heteroatoms. The number of sulfonamides is 1. The molecule has 3 aromatic carbocycles. The fourth-order valence-corrected chi connectivity index (χ4v) is 4.34. The lowest BCUT2D eigenvalue weighted by atomic mass is 10.2. The monoisotopic (exact) mass is 493 g/mol. The molecule has 3 aromatic rings. The number of amides is 1. The molecule has 3 rings (SSSR count). The van der Waals surface area contributed by atoms with Gasteiger partial charge in [-0.05, 0) is 73.2 Å². The second-order valence-corrected chi connectivity index (χ2v) is 9.41. The van der Waals surface area contributed by atoms with E-state index in [0.717, 1.165) is 16.1 Å². The summed E-state index contributed by atoms with van der Waals surface area (Å²) in [5.41, 5.74) is 3.46. The van der Waals surface area contributed by atoms with E-state index < -0.39 is 22.0 Å². The Morgan fingerprint density at radius 1 is 1.00 bits per heavy atom. The highest BCUT2D eigenvalue weighted by molar-refractivity contribution is 7.92. The summed E-state index contributed by atoms with van der Waals surface area (Å²) in [6, 6.07) is 21.7. The van der Waals surface area contributed by atoms with E-state index >= 15 is 0 Å². The van der Waals surface area contributed by atoms with Gasteiger partial charge in [-0.1, -0.05) is 30.9 Å². The fourth-order valence-electron chi connectivity index (χ4n) is 3.16. The van der Waals surface area contributed by atoms with Gasteiger partial charge in [-0.3, -0.25) is 9.10 Å². The molecule has 0 bridgehead atoms. The van der Waals surface area contributed by atoms with Gasteiger partial charge < -0.3 is 9.47 Å². The van der Waals surface area contributed by atoms with Crippen LogP contribution in [-0.4, -0.2) is 39.4 Å². The molecule has 0 aliphatic carbocycles. The molecule has 0 radical (unpaired) electrons. The maximum atomic E-state index is 12.7. The van der Waals surface area contributed by atoms with Crippen LogP contribution in [0, 0.1) is 0 Å². The summed E-state index contributed by atoms with van der Waals surface area (Å²) in [5.74, 6) is 1.30. The summed E-state index contributed by atoms with van der Waals surface area (Å²) < 4.78 is 37.2. The van der Waals surface area contributed by atoms with Crippen LogP contribution in [0.25, 0.3) is 0 Å². The van der Waals surface area contributed by atoms with Crippen LogP contribution in [0.1, 0.15) is 12.5 Å². The summed E-state index contributed by atoms with van der Waals surface area (Å²) in [7, 11) is -3.76. The normalized spacial score (nSPS) is 12.1. The van der Waals surface area contributed by atoms with Gasteiger partial charge in [-0.25, -0.2) is 13.8 Å². The van der Waals surface area contributed by atoms with Crippen molar-refractivity contribution >= 4 is 27.8 Å². The highest BCUT2D eigenvalue weighted by Gasteiger charge is 2.29. The molecule has 1 N–H and O–H groups in total. The van der Waals surface area contributed by atoms with Crippen LogP contribution in [0.3, 0.4) is 0 Å². The lowest BCUT2D eigenvalue weighted by Gasteiger charge is -2.27. The van der Waals surface area contributed by atoms with E-state index in [2.05, 4.69) is 17.1 Å². The highest BCUT2D eigenvalue weighted by atomic mass is 32.2. The second kappa shape index (κ2) is 11.8. The summed E-state index contributed by atoms with van der Waals surface area (Å²) in [4.78, 5) is 12.7. The van der Waals surface area contributed by atoms with Crippen molar-refractivity contribution in [3.05, 3.63) is 97.1 Å². The van der Waals surface area contributed by atoms with Crippen LogP contribution < -0.4 is 19.2 Å². The van der Waals surface area contributed by atoms with E-state index in [1.165, 1.54) is 13.1 Å². The molecule has 182 valence electrons. The average molecular weight is 494 g/mol. The topological polar surface area (TPSA) is 97.3 Å². The molecule has 0 aliphatic rings. The number of benzene rings is 3. The molecule has 0 saturated heterocycles. The van der Waals surface area contributed by atoms with E-state index in [0.29, 0.717) is 29.5 Å². The van der Waals surface area contributed by atoms with Crippen molar-refractivity contribution in [3.63, 3.8) is 0 Å². The number of anilines is 1. The number of ether oxygens (including phenoxy) is 2. The molecule has 0 heterocycles. The van der Waals surface area contributed by atoms with Gasteiger partial charge in [0.25, 0.3) is 5.91 Å². The maximum absolute atomic E-state index is 12.7. The first-order valence-electron chi connectivity index (χ1n) is 10.8. The molecule has 0 spiro atoms. The van der Waals surface area contributed by atoms with E-state index in [1.54, 1.807) is 54.6 Å². The molecule has 0 aromatic heterocycles. The van der Waals surface area contributed by atoms with E-state index in [1.807, 2.05) is 30.3 Å². The third-order valence-electron chi connectivity index (χ3n) is 4.79. The number of carbonyl (C=O) groups excluding carboxylic acids is 1. The molecular weight excluding hydrogens is 466 g/mol. The number of nitrogens with one attached hydrogen (secondary N) is 1. The third-order valence-corrected chi connectivity index (χ3v) is 6.04. The van der Waals surface area contributed by atoms with Crippen molar-refractivity contribution < 1.29 is 22.7 Å². The predicted octanol–water partition coefficient (Wildman–Crippen LogP) is 4.35. The first-order chi connectivity index (χ1) is 16.8. The van der Waals surface area contributed by atoms with E-state index in [-0.39, 0.29) is 0 Å². The smallest absolute Gasteiger partial charge is 0.263 e.